The van der Waals surface area contributed by atoms with Crippen LogP contribution >= 0.6 is 23.2 Å². The molecule has 0 amide bonds. The van der Waals surface area contributed by atoms with Crippen LogP contribution in [0.3, 0.4) is 0 Å². The lowest BCUT2D eigenvalue weighted by Gasteiger charge is -2.09. The van der Waals surface area contributed by atoms with E-state index in [1.165, 1.54) is 10.9 Å². The molecule has 34 heavy (non-hydrogen) atoms. The van der Waals surface area contributed by atoms with Gasteiger partial charge in [0.25, 0.3) is 5.56 Å². The molecule has 7 nitrogen and oxygen atoms in total. The van der Waals surface area contributed by atoms with Crippen LogP contribution in [-0.2, 0) is 0 Å². The number of benzene rings is 3. The molecule has 3 aromatic carbocycles. The summed E-state index contributed by atoms with van der Waals surface area (Å²) < 4.78 is 12.4. The maximum atomic E-state index is 13.3. The van der Waals surface area contributed by atoms with Gasteiger partial charge in [0, 0.05) is 5.39 Å². The molecular formula is C25H14Cl2N4O3. The maximum Gasteiger partial charge on any atom is 0.282 e. The smallest absolute Gasteiger partial charge is 0.282 e. The van der Waals surface area contributed by atoms with E-state index in [1.54, 1.807) is 30.3 Å². The van der Waals surface area contributed by atoms with Crippen LogP contribution < -0.4 is 10.3 Å². The van der Waals surface area contributed by atoms with E-state index in [4.69, 9.17) is 37.6 Å². The molecule has 0 aliphatic rings. The van der Waals surface area contributed by atoms with Crippen molar-refractivity contribution < 1.29 is 9.15 Å². The summed E-state index contributed by atoms with van der Waals surface area (Å²) >= 11 is 12.5. The first-order chi connectivity index (χ1) is 16.5. The third-order valence-corrected chi connectivity index (χ3v) is 5.59. The Morgan fingerprint density at radius 2 is 1.82 bits per heavy atom. The van der Waals surface area contributed by atoms with E-state index in [0.29, 0.717) is 27.8 Å². The highest BCUT2D eigenvalue weighted by Crippen LogP contribution is 2.34. The molecule has 0 unspecified atom stereocenters. The molecule has 0 bridgehead atoms. The van der Waals surface area contributed by atoms with Gasteiger partial charge in [-0.3, -0.25) is 4.79 Å². The Kier molecular flexibility index (Phi) is 5.76. The van der Waals surface area contributed by atoms with Crippen molar-refractivity contribution in [2.24, 2.45) is 5.10 Å². The van der Waals surface area contributed by atoms with Gasteiger partial charge in [0.15, 0.2) is 18.1 Å². The summed E-state index contributed by atoms with van der Waals surface area (Å²) in [4.78, 5) is 18.0. The molecule has 9 heteroatoms. The van der Waals surface area contributed by atoms with Crippen molar-refractivity contribution in [2.45, 2.75) is 0 Å². The summed E-state index contributed by atoms with van der Waals surface area (Å²) in [7, 11) is 0. The maximum absolute atomic E-state index is 13.3. The largest absolute Gasteiger partial charge is 0.476 e. The minimum Gasteiger partial charge on any atom is -0.476 e. The second kappa shape index (κ2) is 9.02. The van der Waals surface area contributed by atoms with E-state index in [0.717, 1.165) is 5.39 Å². The predicted molar refractivity (Wildman–Crippen MR) is 132 cm³/mol. The summed E-state index contributed by atoms with van der Waals surface area (Å²) in [6.45, 7) is -0.189. The highest BCUT2D eigenvalue weighted by atomic mass is 35.5. The predicted octanol–water partition coefficient (Wildman–Crippen LogP) is 5.90. The minimum atomic E-state index is -0.358. The SMILES string of the molecule is N#CCOc1c(Cl)cc(C=Nn2c(-c3cc4ccccc4o3)nc3ccccc3c2=O)cc1Cl. The number of ether oxygens (including phenoxy) is 1. The third kappa shape index (κ3) is 4.01. The fourth-order valence-corrected chi connectivity index (χ4v) is 4.12. The van der Waals surface area contributed by atoms with Crippen molar-refractivity contribution in [2.75, 3.05) is 6.61 Å². The molecule has 0 aliphatic carbocycles. The summed E-state index contributed by atoms with van der Waals surface area (Å²) in [6, 6.07) is 21.4. The first-order valence-electron chi connectivity index (χ1n) is 10.1. The van der Waals surface area contributed by atoms with Crippen molar-refractivity contribution in [3.8, 4) is 23.4 Å². The minimum absolute atomic E-state index is 0.189. The number of halogens is 2. The van der Waals surface area contributed by atoms with Crippen LogP contribution in [0.1, 0.15) is 5.56 Å². The van der Waals surface area contributed by atoms with E-state index >= 15 is 0 Å². The van der Waals surface area contributed by atoms with Crippen LogP contribution in [0.4, 0.5) is 0 Å². The van der Waals surface area contributed by atoms with E-state index in [2.05, 4.69) is 10.1 Å². The van der Waals surface area contributed by atoms with Gasteiger partial charge in [-0.15, -0.1) is 0 Å². The van der Waals surface area contributed by atoms with Gasteiger partial charge in [-0.2, -0.15) is 15.0 Å². The Labute approximate surface area is 203 Å². The Bertz CT molecular complexity index is 1630. The van der Waals surface area contributed by atoms with Crippen molar-refractivity contribution >= 4 is 51.3 Å². The monoisotopic (exact) mass is 488 g/mol. The van der Waals surface area contributed by atoms with Gasteiger partial charge >= 0.3 is 0 Å². The Morgan fingerprint density at radius 3 is 2.59 bits per heavy atom. The molecule has 0 radical (unpaired) electrons. The van der Waals surface area contributed by atoms with Gasteiger partial charge < -0.3 is 9.15 Å². The Hall–Kier alpha value is -4.12. The van der Waals surface area contributed by atoms with E-state index < -0.39 is 0 Å². The highest BCUT2D eigenvalue weighted by Gasteiger charge is 2.16. The molecule has 0 spiro atoms. The first kappa shape index (κ1) is 21.7. The van der Waals surface area contributed by atoms with Crippen molar-refractivity contribution in [3.63, 3.8) is 0 Å². The van der Waals surface area contributed by atoms with Crippen molar-refractivity contribution in [1.82, 2.24) is 9.66 Å². The van der Waals surface area contributed by atoms with E-state index in [-0.39, 0.29) is 33.8 Å². The number of para-hydroxylation sites is 2. The van der Waals surface area contributed by atoms with E-state index in [1.807, 2.05) is 42.5 Å². The van der Waals surface area contributed by atoms with Gasteiger partial charge in [0.1, 0.15) is 11.7 Å². The third-order valence-electron chi connectivity index (χ3n) is 5.02. The van der Waals surface area contributed by atoms with Crippen LogP contribution in [0.15, 0.2) is 81.0 Å². The highest BCUT2D eigenvalue weighted by molar-refractivity contribution is 6.37. The average Bonchev–Trinajstić information content (AvgIpc) is 3.27. The number of aromatic nitrogens is 2. The van der Waals surface area contributed by atoms with Gasteiger partial charge in [0.2, 0.25) is 5.82 Å². The van der Waals surface area contributed by atoms with Crippen LogP contribution in [0.25, 0.3) is 33.5 Å². The fraction of sp³-hybridized carbons (Fsp3) is 0.0400. The van der Waals surface area contributed by atoms with E-state index in [9.17, 15) is 4.79 Å². The number of fused-ring (bicyclic) bond motifs is 2. The Morgan fingerprint density at radius 1 is 1.09 bits per heavy atom. The number of furan rings is 1. The zero-order chi connectivity index (χ0) is 23.7. The number of hydrogen-bond donors (Lipinski definition) is 0. The van der Waals surface area contributed by atoms with Gasteiger partial charge in [-0.1, -0.05) is 53.5 Å². The van der Waals surface area contributed by atoms with Gasteiger partial charge in [0.05, 0.1) is 27.2 Å². The van der Waals surface area contributed by atoms with Crippen molar-refractivity contribution in [3.05, 3.63) is 92.7 Å². The molecule has 5 aromatic rings. The standard InChI is InChI=1S/C25H14Cl2N4O3/c26-18-11-15(12-19(27)23(18)33-10-9-28)14-29-31-24(22-13-16-5-1-4-8-21(16)34-22)30-20-7-3-2-6-17(20)25(31)32/h1-8,11-14H,10H2. The fourth-order valence-electron chi connectivity index (χ4n) is 3.50. The molecule has 0 aliphatic heterocycles. The number of nitrogens with zero attached hydrogens (tertiary/aromatic N) is 4. The van der Waals surface area contributed by atoms with Gasteiger partial charge in [-0.05, 0) is 42.0 Å². The molecule has 5 rings (SSSR count). The normalized spacial score (nSPS) is 11.3. The summed E-state index contributed by atoms with van der Waals surface area (Å²) in [5.41, 5.74) is 1.36. The second-order valence-corrected chi connectivity index (χ2v) is 8.04. The number of hydrogen-bond acceptors (Lipinski definition) is 6. The molecule has 0 atom stereocenters. The van der Waals surface area contributed by atoms with Crippen LogP contribution in [-0.4, -0.2) is 22.5 Å². The van der Waals surface area contributed by atoms with Crippen LogP contribution in [0, 0.1) is 11.3 Å². The second-order valence-electron chi connectivity index (χ2n) is 7.22. The number of rotatable bonds is 5. The lowest BCUT2D eigenvalue weighted by atomic mass is 10.2. The molecule has 2 heterocycles. The molecule has 2 aromatic heterocycles. The van der Waals surface area contributed by atoms with Crippen LogP contribution in [0.2, 0.25) is 10.0 Å². The molecule has 0 saturated heterocycles. The summed E-state index contributed by atoms with van der Waals surface area (Å²) in [5.74, 6) is 0.856. The lowest BCUT2D eigenvalue weighted by molar-refractivity contribution is 0.368. The average molecular weight is 489 g/mol. The number of nitriles is 1. The quantitative estimate of drug-likeness (QED) is 0.287. The lowest BCUT2D eigenvalue weighted by Crippen LogP contribution is -2.20. The topological polar surface area (TPSA) is 93.4 Å². The molecular weight excluding hydrogens is 475 g/mol. The summed E-state index contributed by atoms with van der Waals surface area (Å²) in [6.07, 6.45) is 1.44. The van der Waals surface area contributed by atoms with Crippen molar-refractivity contribution in [1.29, 1.82) is 5.26 Å². The molecule has 0 fully saturated rings. The molecule has 0 N–H and O–H groups in total. The molecule has 166 valence electrons. The molecule has 0 saturated carbocycles. The zero-order valence-electron chi connectivity index (χ0n) is 17.4. The Balaban J connectivity index is 1.65. The summed E-state index contributed by atoms with van der Waals surface area (Å²) in [5, 5.41) is 14.8. The van der Waals surface area contributed by atoms with Gasteiger partial charge in [-0.25, -0.2) is 4.98 Å². The first-order valence-corrected chi connectivity index (χ1v) is 10.8. The van der Waals surface area contributed by atoms with Crippen LogP contribution in [0.5, 0.6) is 5.75 Å². The zero-order valence-corrected chi connectivity index (χ0v) is 18.9.